The summed E-state index contributed by atoms with van der Waals surface area (Å²) in [6.07, 6.45) is -1.07. The smallest absolute Gasteiger partial charge is 0.240 e. The Morgan fingerprint density at radius 2 is 2.18 bits per heavy atom. The summed E-state index contributed by atoms with van der Waals surface area (Å²) in [5.74, 6) is 0.683. The number of hydrogen-bond acceptors (Lipinski definition) is 2. The predicted octanol–water partition coefficient (Wildman–Crippen LogP) is 2.83. The maximum Gasteiger partial charge on any atom is 0.240 e. The molecule has 17 heavy (non-hydrogen) atoms. The quantitative estimate of drug-likeness (QED) is 0.863. The van der Waals surface area contributed by atoms with Gasteiger partial charge in [0.15, 0.2) is 0 Å². The largest absolute Gasteiger partial charge is 0.497 e. The van der Waals surface area contributed by atoms with Gasteiger partial charge in [-0.25, -0.2) is 8.78 Å². The lowest BCUT2D eigenvalue weighted by Gasteiger charge is -2.10. The van der Waals surface area contributed by atoms with E-state index in [4.69, 9.17) is 10.5 Å². The molecule has 2 aromatic rings. The van der Waals surface area contributed by atoms with E-state index in [0.717, 1.165) is 10.9 Å². The summed E-state index contributed by atoms with van der Waals surface area (Å²) >= 11 is 0. The number of rotatable bonds is 4. The zero-order chi connectivity index (χ0) is 12.4. The first-order valence-electron chi connectivity index (χ1n) is 5.30. The average Bonchev–Trinajstić information content (AvgIpc) is 2.70. The highest BCUT2D eigenvalue weighted by Crippen LogP contribution is 2.29. The van der Waals surface area contributed by atoms with Crippen LogP contribution in [0.15, 0.2) is 24.4 Å². The van der Waals surface area contributed by atoms with Gasteiger partial charge in [-0.15, -0.1) is 0 Å². The summed E-state index contributed by atoms with van der Waals surface area (Å²) in [5, 5.41) is 0.831. The normalized spacial score (nSPS) is 13.2. The summed E-state index contributed by atoms with van der Waals surface area (Å²) in [4.78, 5) is 3.01. The molecular weight excluding hydrogens is 226 g/mol. The summed E-state index contributed by atoms with van der Waals surface area (Å²) in [6.45, 7) is 0. The summed E-state index contributed by atoms with van der Waals surface area (Å²) in [7, 11) is 1.56. The third-order valence-electron chi connectivity index (χ3n) is 2.75. The summed E-state index contributed by atoms with van der Waals surface area (Å²) in [5.41, 5.74) is 7.32. The van der Waals surface area contributed by atoms with E-state index in [1.807, 2.05) is 6.07 Å². The van der Waals surface area contributed by atoms with Gasteiger partial charge in [0.2, 0.25) is 6.43 Å². The number of aromatic amines is 1. The van der Waals surface area contributed by atoms with Crippen LogP contribution in [0, 0.1) is 0 Å². The molecule has 1 heterocycles. The molecule has 0 bridgehead atoms. The maximum atomic E-state index is 12.3. The van der Waals surface area contributed by atoms with E-state index >= 15 is 0 Å². The van der Waals surface area contributed by atoms with E-state index in [0.29, 0.717) is 11.3 Å². The second-order valence-electron chi connectivity index (χ2n) is 3.89. The van der Waals surface area contributed by atoms with Crippen molar-refractivity contribution >= 4 is 10.9 Å². The molecular formula is C12H14F2N2O. The van der Waals surface area contributed by atoms with Crippen LogP contribution in [0.1, 0.15) is 18.0 Å². The Kier molecular flexibility index (Phi) is 3.28. The Balaban J connectivity index is 2.39. The number of H-pyrrole nitrogens is 1. The van der Waals surface area contributed by atoms with E-state index in [1.165, 1.54) is 0 Å². The van der Waals surface area contributed by atoms with E-state index in [2.05, 4.69) is 4.98 Å². The minimum Gasteiger partial charge on any atom is -0.497 e. The lowest BCUT2D eigenvalue weighted by molar-refractivity contribution is 0.128. The highest BCUT2D eigenvalue weighted by molar-refractivity contribution is 5.85. The molecule has 0 aliphatic carbocycles. The Labute approximate surface area is 97.6 Å². The van der Waals surface area contributed by atoms with Gasteiger partial charge >= 0.3 is 0 Å². The SMILES string of the molecule is COc1ccc2[nH]cc([C@@H](N)CC(F)F)c2c1. The molecule has 3 N–H and O–H groups in total. The van der Waals surface area contributed by atoms with Gasteiger partial charge in [0, 0.05) is 29.6 Å². The van der Waals surface area contributed by atoms with Gasteiger partial charge in [-0.05, 0) is 23.8 Å². The molecule has 0 unspecified atom stereocenters. The van der Waals surface area contributed by atoms with E-state index in [1.54, 1.807) is 25.4 Å². The lowest BCUT2D eigenvalue weighted by atomic mass is 10.0. The molecule has 2 rings (SSSR count). The van der Waals surface area contributed by atoms with Gasteiger partial charge < -0.3 is 15.5 Å². The van der Waals surface area contributed by atoms with Crippen molar-refractivity contribution in [2.45, 2.75) is 18.9 Å². The first kappa shape index (κ1) is 11.9. The number of methoxy groups -OCH3 is 1. The van der Waals surface area contributed by atoms with Crippen molar-refractivity contribution in [3.05, 3.63) is 30.0 Å². The topological polar surface area (TPSA) is 51.0 Å². The number of benzene rings is 1. The Morgan fingerprint density at radius 3 is 2.82 bits per heavy atom. The third-order valence-corrected chi connectivity index (χ3v) is 2.75. The third kappa shape index (κ3) is 2.39. The molecule has 92 valence electrons. The fourth-order valence-electron chi connectivity index (χ4n) is 1.87. The first-order valence-corrected chi connectivity index (χ1v) is 5.30. The van der Waals surface area contributed by atoms with E-state index in [9.17, 15) is 8.78 Å². The first-order chi connectivity index (χ1) is 8.11. The molecule has 0 aliphatic rings. The minimum atomic E-state index is -2.40. The predicted molar refractivity (Wildman–Crippen MR) is 62.4 cm³/mol. The van der Waals surface area contributed by atoms with Crippen molar-refractivity contribution in [1.82, 2.24) is 4.98 Å². The molecule has 0 saturated heterocycles. The fraction of sp³-hybridized carbons (Fsp3) is 0.333. The van der Waals surface area contributed by atoms with Gasteiger partial charge in [0.25, 0.3) is 0 Å². The van der Waals surface area contributed by atoms with E-state index < -0.39 is 12.5 Å². The van der Waals surface area contributed by atoms with Gasteiger partial charge in [-0.2, -0.15) is 0 Å². The number of nitrogens with one attached hydrogen (secondary N) is 1. The van der Waals surface area contributed by atoms with Gasteiger partial charge in [-0.1, -0.05) is 0 Å². The minimum absolute atomic E-state index is 0.343. The molecule has 0 aliphatic heterocycles. The standard InChI is InChI=1S/C12H14F2N2O/c1-17-7-2-3-11-8(4-7)9(6-16-11)10(15)5-12(13)14/h2-4,6,10,12,16H,5,15H2,1H3/t10-/m0/s1. The Morgan fingerprint density at radius 1 is 1.41 bits per heavy atom. The van der Waals surface area contributed by atoms with Crippen molar-refractivity contribution in [2.24, 2.45) is 5.73 Å². The average molecular weight is 240 g/mol. The number of fused-ring (bicyclic) bond motifs is 1. The monoisotopic (exact) mass is 240 g/mol. The molecule has 0 saturated carbocycles. The number of nitrogens with two attached hydrogens (primary N) is 1. The molecule has 5 heteroatoms. The van der Waals surface area contributed by atoms with Crippen molar-refractivity contribution < 1.29 is 13.5 Å². The Hall–Kier alpha value is -1.62. The zero-order valence-electron chi connectivity index (χ0n) is 9.41. The van der Waals surface area contributed by atoms with Crippen LogP contribution in [0.5, 0.6) is 5.75 Å². The van der Waals surface area contributed by atoms with E-state index in [-0.39, 0.29) is 6.42 Å². The molecule has 0 fully saturated rings. The van der Waals surface area contributed by atoms with Crippen LogP contribution in [0.25, 0.3) is 10.9 Å². The molecule has 1 atom stereocenters. The second-order valence-corrected chi connectivity index (χ2v) is 3.89. The molecule has 0 spiro atoms. The highest BCUT2D eigenvalue weighted by atomic mass is 19.3. The second kappa shape index (κ2) is 4.71. The number of ether oxygens (including phenoxy) is 1. The molecule has 0 amide bonds. The molecule has 1 aromatic carbocycles. The van der Waals surface area contributed by atoms with Gasteiger partial charge in [-0.3, -0.25) is 0 Å². The van der Waals surface area contributed by atoms with Gasteiger partial charge in [0.05, 0.1) is 7.11 Å². The van der Waals surface area contributed by atoms with Crippen LogP contribution in [0.4, 0.5) is 8.78 Å². The zero-order valence-corrected chi connectivity index (χ0v) is 9.41. The number of hydrogen-bond donors (Lipinski definition) is 2. The molecule has 0 radical (unpaired) electrons. The van der Waals surface area contributed by atoms with Crippen LogP contribution >= 0.6 is 0 Å². The fourth-order valence-corrected chi connectivity index (χ4v) is 1.87. The van der Waals surface area contributed by atoms with Crippen LogP contribution in [0.3, 0.4) is 0 Å². The van der Waals surface area contributed by atoms with Crippen molar-refractivity contribution in [3.63, 3.8) is 0 Å². The molecule has 3 nitrogen and oxygen atoms in total. The van der Waals surface area contributed by atoms with Crippen LogP contribution < -0.4 is 10.5 Å². The van der Waals surface area contributed by atoms with Crippen molar-refractivity contribution in [2.75, 3.05) is 7.11 Å². The number of aromatic nitrogens is 1. The summed E-state index contributed by atoms with van der Waals surface area (Å²) in [6, 6.07) is 4.77. The molecule has 1 aromatic heterocycles. The van der Waals surface area contributed by atoms with Crippen LogP contribution in [0.2, 0.25) is 0 Å². The van der Waals surface area contributed by atoms with Crippen molar-refractivity contribution in [3.8, 4) is 5.75 Å². The van der Waals surface area contributed by atoms with Crippen LogP contribution in [-0.2, 0) is 0 Å². The number of halogens is 2. The lowest BCUT2D eigenvalue weighted by Crippen LogP contribution is -2.13. The summed E-state index contributed by atoms with van der Waals surface area (Å²) < 4.78 is 29.7. The highest BCUT2D eigenvalue weighted by Gasteiger charge is 2.16. The Bertz CT molecular complexity index is 510. The number of alkyl halides is 2. The van der Waals surface area contributed by atoms with Crippen molar-refractivity contribution in [1.29, 1.82) is 0 Å². The van der Waals surface area contributed by atoms with Crippen LogP contribution in [-0.4, -0.2) is 18.5 Å². The van der Waals surface area contributed by atoms with Gasteiger partial charge in [0.1, 0.15) is 5.75 Å². The maximum absolute atomic E-state index is 12.3.